The normalized spacial score (nSPS) is 14.7. The Hall–Kier alpha value is -3.46. The molecule has 36 heavy (non-hydrogen) atoms. The number of anilines is 2. The third kappa shape index (κ3) is 5.67. The number of hydrogen-bond acceptors (Lipinski definition) is 7. The van der Waals surface area contributed by atoms with Crippen LogP contribution in [0.2, 0.25) is 0 Å². The Morgan fingerprint density at radius 2 is 1.94 bits per heavy atom. The van der Waals surface area contributed by atoms with Crippen LogP contribution in [0.15, 0.2) is 65.0 Å². The van der Waals surface area contributed by atoms with Crippen molar-refractivity contribution in [1.29, 1.82) is 0 Å². The molecule has 1 aromatic heterocycles. The molecule has 0 aliphatic carbocycles. The van der Waals surface area contributed by atoms with Crippen LogP contribution in [-0.2, 0) is 4.79 Å². The fourth-order valence-corrected chi connectivity index (χ4v) is 4.71. The number of allylic oxidation sites excluding steroid dienone is 1. The first-order valence-corrected chi connectivity index (χ1v) is 13.4. The number of thioether (sulfide) groups is 1. The van der Waals surface area contributed by atoms with Crippen LogP contribution >= 0.6 is 11.8 Å². The molecule has 2 aromatic carbocycles. The molecular formula is C27H33N5O3S. The Morgan fingerprint density at radius 1 is 1.11 bits per heavy atom. The number of carbonyl (C=O) groups is 1. The summed E-state index contributed by atoms with van der Waals surface area (Å²) in [6.45, 7) is 9.14. The van der Waals surface area contributed by atoms with Crippen molar-refractivity contribution in [3.63, 3.8) is 0 Å². The third-order valence-electron chi connectivity index (χ3n) is 5.59. The quantitative estimate of drug-likeness (QED) is 0.313. The summed E-state index contributed by atoms with van der Waals surface area (Å²) >= 11 is 1.60. The largest absolute Gasteiger partial charge is 0.494 e. The summed E-state index contributed by atoms with van der Waals surface area (Å²) in [5.74, 6) is 2.68. The van der Waals surface area contributed by atoms with Crippen molar-refractivity contribution in [3.8, 4) is 11.5 Å². The molecule has 3 aromatic rings. The lowest BCUT2D eigenvalue weighted by atomic mass is 9.94. The van der Waals surface area contributed by atoms with E-state index in [0.717, 1.165) is 35.6 Å². The lowest BCUT2D eigenvalue weighted by Crippen LogP contribution is -2.31. The van der Waals surface area contributed by atoms with Crippen LogP contribution in [0, 0.1) is 0 Å². The number of ether oxygens (including phenoxy) is 2. The molecule has 0 fully saturated rings. The van der Waals surface area contributed by atoms with Gasteiger partial charge >= 0.3 is 0 Å². The molecule has 9 heteroatoms. The molecule has 2 heterocycles. The van der Waals surface area contributed by atoms with Gasteiger partial charge in [-0.1, -0.05) is 49.9 Å². The highest BCUT2D eigenvalue weighted by atomic mass is 32.2. The van der Waals surface area contributed by atoms with Crippen molar-refractivity contribution in [1.82, 2.24) is 14.8 Å². The average Bonchev–Trinajstić information content (AvgIpc) is 3.29. The lowest BCUT2D eigenvalue weighted by molar-refractivity contribution is -0.113. The molecule has 0 saturated carbocycles. The molecule has 1 aliphatic rings. The summed E-state index contributed by atoms with van der Waals surface area (Å²) < 4.78 is 13.4. The smallest absolute Gasteiger partial charge is 0.255 e. The number of hydrogen-bond donors (Lipinski definition) is 2. The van der Waals surface area contributed by atoms with Crippen molar-refractivity contribution >= 4 is 29.3 Å². The molecule has 0 saturated heterocycles. The Labute approximate surface area is 216 Å². The van der Waals surface area contributed by atoms with E-state index in [4.69, 9.17) is 14.6 Å². The highest BCUT2D eigenvalue weighted by Gasteiger charge is 2.35. The van der Waals surface area contributed by atoms with Crippen LogP contribution in [-0.4, -0.2) is 39.6 Å². The zero-order valence-electron chi connectivity index (χ0n) is 21.2. The molecular weight excluding hydrogens is 474 g/mol. The molecule has 2 N–H and O–H groups in total. The summed E-state index contributed by atoms with van der Waals surface area (Å²) in [6, 6.07) is 14.8. The summed E-state index contributed by atoms with van der Waals surface area (Å²) in [7, 11) is 0. The van der Waals surface area contributed by atoms with Crippen LogP contribution in [0.1, 0.15) is 52.1 Å². The van der Waals surface area contributed by atoms with Crippen LogP contribution in [0.4, 0.5) is 11.6 Å². The Bertz CT molecular complexity index is 1240. The topological polar surface area (TPSA) is 90.3 Å². The second-order valence-electron chi connectivity index (χ2n) is 8.38. The van der Waals surface area contributed by atoms with Crippen LogP contribution in [0.3, 0.4) is 0 Å². The molecule has 1 unspecified atom stereocenters. The minimum Gasteiger partial charge on any atom is -0.494 e. The van der Waals surface area contributed by atoms with Gasteiger partial charge in [0.15, 0.2) is 0 Å². The zero-order valence-corrected chi connectivity index (χ0v) is 22.0. The zero-order chi connectivity index (χ0) is 25.5. The van der Waals surface area contributed by atoms with Gasteiger partial charge in [0, 0.05) is 11.4 Å². The van der Waals surface area contributed by atoms with Crippen LogP contribution in [0.25, 0.3) is 0 Å². The van der Waals surface area contributed by atoms with Crippen molar-refractivity contribution in [3.05, 3.63) is 65.4 Å². The van der Waals surface area contributed by atoms with Crippen molar-refractivity contribution in [2.45, 2.75) is 51.7 Å². The molecule has 1 atom stereocenters. The van der Waals surface area contributed by atoms with E-state index in [1.54, 1.807) is 16.4 Å². The summed E-state index contributed by atoms with van der Waals surface area (Å²) in [5, 5.41) is 11.8. The minimum atomic E-state index is -0.478. The molecule has 1 aliphatic heterocycles. The van der Waals surface area contributed by atoms with Gasteiger partial charge in [-0.2, -0.15) is 4.98 Å². The van der Waals surface area contributed by atoms with E-state index >= 15 is 0 Å². The number of para-hydroxylation sites is 2. The fourth-order valence-electron chi connectivity index (χ4n) is 4.02. The Balaban J connectivity index is 1.75. The van der Waals surface area contributed by atoms with Crippen molar-refractivity contribution < 1.29 is 14.3 Å². The Kier molecular flexibility index (Phi) is 8.53. The monoisotopic (exact) mass is 507 g/mol. The van der Waals surface area contributed by atoms with Gasteiger partial charge in [0.25, 0.3) is 5.91 Å². The lowest BCUT2D eigenvalue weighted by Gasteiger charge is -2.29. The highest BCUT2D eigenvalue weighted by molar-refractivity contribution is 7.99. The van der Waals surface area contributed by atoms with Crippen LogP contribution in [0.5, 0.6) is 11.5 Å². The summed E-state index contributed by atoms with van der Waals surface area (Å²) in [6.07, 6.45) is 1.93. The van der Waals surface area contributed by atoms with Gasteiger partial charge in [0.1, 0.15) is 17.5 Å². The van der Waals surface area contributed by atoms with Crippen molar-refractivity contribution in [2.24, 2.45) is 0 Å². The number of aromatic nitrogens is 3. The first kappa shape index (κ1) is 25.6. The molecule has 0 spiro atoms. The second kappa shape index (κ2) is 12.0. The number of rotatable bonds is 11. The minimum absolute atomic E-state index is 0.235. The predicted molar refractivity (Wildman–Crippen MR) is 144 cm³/mol. The molecule has 1 amide bonds. The van der Waals surface area contributed by atoms with Gasteiger partial charge in [-0.15, -0.1) is 5.10 Å². The van der Waals surface area contributed by atoms with Gasteiger partial charge < -0.3 is 20.1 Å². The van der Waals surface area contributed by atoms with E-state index in [-0.39, 0.29) is 5.91 Å². The van der Waals surface area contributed by atoms with E-state index in [9.17, 15) is 4.79 Å². The second-order valence-corrected chi connectivity index (χ2v) is 9.44. The first-order chi connectivity index (χ1) is 17.5. The molecule has 8 nitrogen and oxygen atoms in total. The van der Waals surface area contributed by atoms with E-state index in [1.807, 2.05) is 62.4 Å². The SMILES string of the molecule is CCCOc1cccc(C2C(C(=O)Nc3ccccc3OCC)=C(C)Nc3nc(SCCC)nn32)c1. The first-order valence-electron chi connectivity index (χ1n) is 12.4. The highest BCUT2D eigenvalue weighted by Crippen LogP contribution is 2.38. The average molecular weight is 508 g/mol. The number of carbonyl (C=O) groups excluding carboxylic acids is 1. The van der Waals surface area contributed by atoms with Crippen LogP contribution < -0.4 is 20.1 Å². The molecule has 190 valence electrons. The summed E-state index contributed by atoms with van der Waals surface area (Å²) in [4.78, 5) is 18.5. The van der Waals surface area contributed by atoms with E-state index in [2.05, 4.69) is 29.5 Å². The maximum absolute atomic E-state index is 13.8. The number of amides is 1. The van der Waals surface area contributed by atoms with Gasteiger partial charge in [-0.3, -0.25) is 4.79 Å². The number of nitrogens with zero attached hydrogens (tertiary/aromatic N) is 3. The van der Waals surface area contributed by atoms with Gasteiger partial charge in [-0.05, 0) is 56.5 Å². The van der Waals surface area contributed by atoms with Gasteiger partial charge in [0.2, 0.25) is 11.1 Å². The number of nitrogens with one attached hydrogen (secondary N) is 2. The third-order valence-corrected chi connectivity index (χ3v) is 6.64. The van der Waals surface area contributed by atoms with E-state index in [1.165, 1.54) is 0 Å². The van der Waals surface area contributed by atoms with E-state index < -0.39 is 6.04 Å². The molecule has 0 bridgehead atoms. The summed E-state index contributed by atoms with van der Waals surface area (Å²) in [5.41, 5.74) is 2.79. The fraction of sp³-hybridized carbons (Fsp3) is 0.370. The number of benzene rings is 2. The molecule has 4 rings (SSSR count). The van der Waals surface area contributed by atoms with Gasteiger partial charge in [-0.25, -0.2) is 4.68 Å². The van der Waals surface area contributed by atoms with Crippen molar-refractivity contribution in [2.75, 3.05) is 29.6 Å². The number of fused-ring (bicyclic) bond motifs is 1. The van der Waals surface area contributed by atoms with Gasteiger partial charge in [0.05, 0.1) is 24.5 Å². The predicted octanol–water partition coefficient (Wildman–Crippen LogP) is 5.90. The standard InChI is InChI=1S/C27H33N5O3S/c1-5-15-35-20-12-10-11-19(17-20)24-23(25(33)29-21-13-8-9-14-22(21)34-7-3)18(4)28-26-30-27(31-32(24)26)36-16-6-2/h8-14,17,24H,5-7,15-16H2,1-4H3,(H,29,33)(H,28,30,31). The maximum Gasteiger partial charge on any atom is 0.255 e. The van der Waals surface area contributed by atoms with E-state index in [0.29, 0.717) is 41.3 Å². The molecule has 0 radical (unpaired) electrons. The maximum atomic E-state index is 13.8. The Morgan fingerprint density at radius 3 is 2.72 bits per heavy atom.